The molecule has 0 spiro atoms. The molecule has 0 aliphatic carbocycles. The molecule has 2 fully saturated rings. The Morgan fingerprint density at radius 2 is 1.77 bits per heavy atom. The third-order valence-electron chi connectivity index (χ3n) is 5.79. The maximum Gasteiger partial charge on any atom is 0.236 e. The highest BCUT2D eigenvalue weighted by molar-refractivity contribution is 6.30. The highest BCUT2D eigenvalue weighted by Crippen LogP contribution is 2.20. The van der Waals surface area contributed by atoms with Crippen LogP contribution in [0.2, 0.25) is 5.02 Å². The molecule has 0 N–H and O–H groups in total. The van der Waals surface area contributed by atoms with Gasteiger partial charge < -0.3 is 9.80 Å². The number of piperazine rings is 2. The average Bonchev–Trinajstić information content (AvgIpc) is 2.68. The van der Waals surface area contributed by atoms with Gasteiger partial charge in [0.2, 0.25) is 5.91 Å². The van der Waals surface area contributed by atoms with Gasteiger partial charge >= 0.3 is 0 Å². The minimum absolute atomic E-state index is 0.282. The highest BCUT2D eigenvalue weighted by Gasteiger charge is 2.26. The summed E-state index contributed by atoms with van der Waals surface area (Å²) in [6, 6.07) is 8.63. The second-order valence-electron chi connectivity index (χ2n) is 7.42. The van der Waals surface area contributed by atoms with Crippen LogP contribution in [0.4, 0.5) is 5.69 Å². The Morgan fingerprint density at radius 3 is 2.38 bits per heavy atom. The Morgan fingerprint density at radius 1 is 1.08 bits per heavy atom. The van der Waals surface area contributed by atoms with Gasteiger partial charge in [0.15, 0.2) is 0 Å². The van der Waals surface area contributed by atoms with Crippen molar-refractivity contribution in [2.24, 2.45) is 0 Å². The van der Waals surface area contributed by atoms with Crippen molar-refractivity contribution in [2.75, 3.05) is 63.8 Å². The van der Waals surface area contributed by atoms with Crippen LogP contribution in [0.1, 0.15) is 20.3 Å². The first kappa shape index (κ1) is 19.5. The molecule has 144 valence electrons. The van der Waals surface area contributed by atoms with Crippen LogP contribution in [0.15, 0.2) is 24.3 Å². The molecule has 1 aromatic carbocycles. The first-order valence-electron chi connectivity index (χ1n) is 9.81. The largest absolute Gasteiger partial charge is 0.369 e. The van der Waals surface area contributed by atoms with E-state index in [1.165, 1.54) is 12.1 Å². The Labute approximate surface area is 162 Å². The molecule has 3 rings (SSSR count). The van der Waals surface area contributed by atoms with Gasteiger partial charge in [-0.1, -0.05) is 24.6 Å². The fourth-order valence-corrected chi connectivity index (χ4v) is 3.98. The number of anilines is 1. The summed E-state index contributed by atoms with van der Waals surface area (Å²) in [4.78, 5) is 21.8. The van der Waals surface area contributed by atoms with Gasteiger partial charge in [-0.3, -0.25) is 14.6 Å². The van der Waals surface area contributed by atoms with Gasteiger partial charge in [-0.25, -0.2) is 0 Å². The van der Waals surface area contributed by atoms with E-state index in [9.17, 15) is 4.79 Å². The predicted octanol–water partition coefficient (Wildman–Crippen LogP) is 2.40. The molecule has 0 saturated carbocycles. The van der Waals surface area contributed by atoms with Crippen molar-refractivity contribution >= 4 is 23.2 Å². The van der Waals surface area contributed by atoms with E-state index in [0.29, 0.717) is 12.6 Å². The molecule has 1 unspecified atom stereocenters. The van der Waals surface area contributed by atoms with Crippen LogP contribution in [0.3, 0.4) is 0 Å². The molecular weight excluding hydrogens is 348 g/mol. The summed E-state index contributed by atoms with van der Waals surface area (Å²) in [6.45, 7) is 12.5. The van der Waals surface area contributed by atoms with Crippen molar-refractivity contribution in [3.05, 3.63) is 29.3 Å². The van der Waals surface area contributed by atoms with Crippen LogP contribution >= 0.6 is 11.6 Å². The minimum Gasteiger partial charge on any atom is -0.369 e. The minimum atomic E-state index is 0.282. The van der Waals surface area contributed by atoms with E-state index >= 15 is 0 Å². The van der Waals surface area contributed by atoms with E-state index in [1.807, 2.05) is 23.1 Å². The second kappa shape index (κ2) is 9.07. The highest BCUT2D eigenvalue weighted by atomic mass is 35.5. The maximum atomic E-state index is 12.6. The van der Waals surface area contributed by atoms with E-state index in [-0.39, 0.29) is 5.91 Å². The molecule has 0 bridgehead atoms. The zero-order valence-corrected chi connectivity index (χ0v) is 16.8. The fourth-order valence-electron chi connectivity index (χ4n) is 3.80. The zero-order valence-electron chi connectivity index (χ0n) is 16.0. The first-order chi connectivity index (χ1) is 12.6. The molecule has 0 aromatic heterocycles. The number of nitrogens with zero attached hydrogens (tertiary/aromatic N) is 4. The molecule has 2 aliphatic rings. The topological polar surface area (TPSA) is 30.0 Å². The lowest BCUT2D eigenvalue weighted by Crippen LogP contribution is -2.55. The summed E-state index contributed by atoms with van der Waals surface area (Å²) >= 11 is 6.10. The van der Waals surface area contributed by atoms with Gasteiger partial charge in [-0.15, -0.1) is 0 Å². The molecule has 0 radical (unpaired) electrons. The first-order valence-corrected chi connectivity index (χ1v) is 10.2. The van der Waals surface area contributed by atoms with Crippen molar-refractivity contribution in [3.8, 4) is 0 Å². The number of amides is 1. The normalized spacial score (nSPS) is 21.0. The van der Waals surface area contributed by atoms with E-state index < -0.39 is 0 Å². The maximum absolute atomic E-state index is 12.6. The summed E-state index contributed by atoms with van der Waals surface area (Å²) in [7, 11) is 0. The van der Waals surface area contributed by atoms with Gasteiger partial charge in [0.25, 0.3) is 0 Å². The fraction of sp³-hybridized carbons (Fsp3) is 0.650. The summed E-state index contributed by atoms with van der Waals surface area (Å²) in [5, 5.41) is 0.775. The average molecular weight is 379 g/mol. The van der Waals surface area contributed by atoms with Crippen LogP contribution in [-0.2, 0) is 4.79 Å². The quantitative estimate of drug-likeness (QED) is 0.787. The molecule has 2 heterocycles. The number of carbonyl (C=O) groups excluding carboxylic acids is 1. The van der Waals surface area contributed by atoms with Crippen molar-refractivity contribution in [3.63, 3.8) is 0 Å². The molecule has 26 heavy (non-hydrogen) atoms. The third kappa shape index (κ3) is 4.90. The van der Waals surface area contributed by atoms with Gasteiger partial charge in [-0.2, -0.15) is 0 Å². The van der Waals surface area contributed by atoms with E-state index in [1.54, 1.807) is 0 Å². The van der Waals surface area contributed by atoms with Crippen molar-refractivity contribution in [1.29, 1.82) is 0 Å². The SMILES string of the molecule is CCC(C)N1CCN(C(=O)CN2CCN(c3cccc(Cl)c3)CC2)CC1. The van der Waals surface area contributed by atoms with Crippen molar-refractivity contribution < 1.29 is 4.79 Å². The lowest BCUT2D eigenvalue weighted by Gasteiger charge is -2.40. The van der Waals surface area contributed by atoms with Crippen LogP contribution in [0.5, 0.6) is 0 Å². The van der Waals surface area contributed by atoms with Gasteiger partial charge in [0, 0.05) is 69.1 Å². The molecule has 5 nitrogen and oxygen atoms in total. The van der Waals surface area contributed by atoms with Gasteiger partial charge in [0.05, 0.1) is 6.54 Å². The number of carbonyl (C=O) groups is 1. The second-order valence-corrected chi connectivity index (χ2v) is 7.85. The lowest BCUT2D eigenvalue weighted by molar-refractivity contribution is -0.134. The number of hydrogen-bond donors (Lipinski definition) is 0. The molecule has 1 amide bonds. The number of halogens is 1. The molecule has 1 atom stereocenters. The number of hydrogen-bond acceptors (Lipinski definition) is 4. The summed E-state index contributed by atoms with van der Waals surface area (Å²) in [5.74, 6) is 0.282. The zero-order chi connectivity index (χ0) is 18.5. The summed E-state index contributed by atoms with van der Waals surface area (Å²) < 4.78 is 0. The molecule has 2 saturated heterocycles. The van der Waals surface area contributed by atoms with Crippen LogP contribution in [0.25, 0.3) is 0 Å². The predicted molar refractivity (Wildman–Crippen MR) is 108 cm³/mol. The van der Waals surface area contributed by atoms with Crippen LogP contribution in [-0.4, -0.2) is 85.6 Å². The Balaban J connectivity index is 1.42. The standard InChI is InChI=1S/C20H31ClN4O/c1-3-17(2)23-11-13-25(14-12-23)20(26)16-22-7-9-24(10-8-22)19-6-4-5-18(21)15-19/h4-6,15,17H,3,7-14,16H2,1-2H3. The number of benzene rings is 1. The van der Waals surface area contributed by atoms with E-state index in [4.69, 9.17) is 11.6 Å². The van der Waals surface area contributed by atoms with E-state index in [0.717, 1.165) is 57.4 Å². The Kier molecular flexibility index (Phi) is 6.79. The van der Waals surface area contributed by atoms with E-state index in [2.05, 4.69) is 34.6 Å². The molecule has 6 heteroatoms. The Hall–Kier alpha value is -1.30. The summed E-state index contributed by atoms with van der Waals surface area (Å²) in [5.41, 5.74) is 1.17. The monoisotopic (exact) mass is 378 g/mol. The molecule has 1 aromatic rings. The van der Waals surface area contributed by atoms with Crippen molar-refractivity contribution in [1.82, 2.24) is 14.7 Å². The lowest BCUT2D eigenvalue weighted by atomic mass is 10.2. The van der Waals surface area contributed by atoms with Gasteiger partial charge in [-0.05, 0) is 31.5 Å². The smallest absolute Gasteiger partial charge is 0.236 e. The van der Waals surface area contributed by atoms with Crippen LogP contribution in [0, 0.1) is 0 Å². The molecular formula is C20H31ClN4O. The van der Waals surface area contributed by atoms with Crippen LogP contribution < -0.4 is 4.90 Å². The third-order valence-corrected chi connectivity index (χ3v) is 6.02. The Bertz CT molecular complexity index is 595. The molecule has 2 aliphatic heterocycles. The van der Waals surface area contributed by atoms with Gasteiger partial charge in [0.1, 0.15) is 0 Å². The number of rotatable bonds is 5. The summed E-state index contributed by atoms with van der Waals surface area (Å²) in [6.07, 6.45) is 1.17. The van der Waals surface area contributed by atoms with Crippen molar-refractivity contribution in [2.45, 2.75) is 26.3 Å².